The van der Waals surface area contributed by atoms with E-state index in [1.165, 1.54) is 6.20 Å². The Morgan fingerprint density at radius 3 is 2.42 bits per heavy atom. The average Bonchev–Trinajstić information content (AvgIpc) is 2.50. The zero-order valence-electron chi connectivity index (χ0n) is 13.1. The number of nitrogens with zero attached hydrogens (tertiary/aromatic N) is 3. The molecular weight excluding hydrogens is 345 g/mol. The van der Waals surface area contributed by atoms with Crippen molar-refractivity contribution in [1.82, 2.24) is 15.2 Å². The molecule has 0 radical (unpaired) electrons. The molecule has 0 aliphatic rings. The summed E-state index contributed by atoms with van der Waals surface area (Å²) in [6, 6.07) is 11.3. The number of halogens is 2. The van der Waals surface area contributed by atoms with Gasteiger partial charge < -0.3 is 10.6 Å². The van der Waals surface area contributed by atoms with Gasteiger partial charge in [-0.25, -0.2) is 0 Å². The number of nitrogens with one attached hydrogen (secondary N) is 2. The van der Waals surface area contributed by atoms with Gasteiger partial charge in [0.25, 0.3) is 0 Å². The molecular formula is C17H15Cl2N5. The molecule has 2 N–H and O–H groups in total. The standard InChI is InChI=1S/C17H15Cl2N5/c1-10-3-4-11(2)15(5-10)22-17-23-16(9-20-24-17)21-14-7-12(18)6-13(19)8-14/h3-9H,1-2H3,(H2,21,22,23,24). The van der Waals surface area contributed by atoms with E-state index in [1.54, 1.807) is 18.2 Å². The second-order valence-corrected chi connectivity index (χ2v) is 6.26. The third kappa shape index (κ3) is 4.13. The quantitative estimate of drug-likeness (QED) is 0.663. The number of benzene rings is 2. The van der Waals surface area contributed by atoms with Crippen LogP contribution in [0.2, 0.25) is 10.0 Å². The third-order valence-corrected chi connectivity index (χ3v) is 3.77. The van der Waals surface area contributed by atoms with Crippen molar-refractivity contribution >= 4 is 46.3 Å². The first-order valence-electron chi connectivity index (χ1n) is 7.27. The number of anilines is 4. The fraction of sp³-hybridized carbons (Fsp3) is 0.118. The van der Waals surface area contributed by atoms with E-state index >= 15 is 0 Å². The smallest absolute Gasteiger partial charge is 0.249 e. The maximum Gasteiger partial charge on any atom is 0.249 e. The summed E-state index contributed by atoms with van der Waals surface area (Å²) in [4.78, 5) is 4.41. The number of rotatable bonds is 4. The molecule has 0 unspecified atom stereocenters. The second kappa shape index (κ2) is 7.03. The van der Waals surface area contributed by atoms with Crippen LogP contribution in [0.15, 0.2) is 42.6 Å². The Kier molecular flexibility index (Phi) is 4.83. The zero-order chi connectivity index (χ0) is 17.1. The summed E-state index contributed by atoms with van der Waals surface area (Å²) in [5.41, 5.74) is 3.92. The highest BCUT2D eigenvalue weighted by Gasteiger charge is 2.05. The predicted molar refractivity (Wildman–Crippen MR) is 98.8 cm³/mol. The lowest BCUT2D eigenvalue weighted by Gasteiger charge is -2.10. The molecule has 0 fully saturated rings. The van der Waals surface area contributed by atoms with Crippen LogP contribution in [-0.4, -0.2) is 15.2 Å². The van der Waals surface area contributed by atoms with Crippen LogP contribution in [0.25, 0.3) is 0 Å². The SMILES string of the molecule is Cc1ccc(C)c(Nc2nncc(Nc3cc(Cl)cc(Cl)c3)n2)c1. The van der Waals surface area contributed by atoms with Gasteiger partial charge >= 0.3 is 0 Å². The lowest BCUT2D eigenvalue weighted by molar-refractivity contribution is 0.981. The predicted octanol–water partition coefficient (Wildman–Crippen LogP) is 5.28. The maximum atomic E-state index is 6.00. The summed E-state index contributed by atoms with van der Waals surface area (Å²) in [6.45, 7) is 4.05. The first kappa shape index (κ1) is 16.5. The van der Waals surface area contributed by atoms with E-state index in [1.807, 2.05) is 26.0 Å². The van der Waals surface area contributed by atoms with E-state index in [4.69, 9.17) is 23.2 Å². The van der Waals surface area contributed by atoms with Gasteiger partial charge in [0.1, 0.15) is 0 Å². The van der Waals surface area contributed by atoms with E-state index in [9.17, 15) is 0 Å². The van der Waals surface area contributed by atoms with Gasteiger partial charge in [0.15, 0.2) is 5.82 Å². The molecule has 0 amide bonds. The van der Waals surface area contributed by atoms with E-state index in [0.29, 0.717) is 21.8 Å². The molecule has 7 heteroatoms. The van der Waals surface area contributed by atoms with Crippen molar-refractivity contribution in [3.8, 4) is 0 Å². The van der Waals surface area contributed by atoms with Crippen LogP contribution in [0.4, 0.5) is 23.1 Å². The van der Waals surface area contributed by atoms with Gasteiger partial charge in [-0.1, -0.05) is 35.3 Å². The molecule has 1 heterocycles. The van der Waals surface area contributed by atoms with Crippen molar-refractivity contribution in [3.05, 3.63) is 63.8 Å². The van der Waals surface area contributed by atoms with Crippen molar-refractivity contribution in [2.24, 2.45) is 0 Å². The van der Waals surface area contributed by atoms with Gasteiger partial charge in [0.2, 0.25) is 5.95 Å². The molecule has 0 atom stereocenters. The highest BCUT2D eigenvalue weighted by Crippen LogP contribution is 2.25. The highest BCUT2D eigenvalue weighted by molar-refractivity contribution is 6.35. The molecule has 0 aliphatic carbocycles. The van der Waals surface area contributed by atoms with Crippen LogP contribution in [0.1, 0.15) is 11.1 Å². The summed E-state index contributed by atoms with van der Waals surface area (Å²) >= 11 is 12.0. The molecule has 0 saturated carbocycles. The monoisotopic (exact) mass is 359 g/mol. The maximum absolute atomic E-state index is 6.00. The van der Waals surface area contributed by atoms with E-state index < -0.39 is 0 Å². The minimum Gasteiger partial charge on any atom is -0.339 e. The summed E-state index contributed by atoms with van der Waals surface area (Å²) in [6.07, 6.45) is 1.53. The van der Waals surface area contributed by atoms with Crippen molar-refractivity contribution in [1.29, 1.82) is 0 Å². The molecule has 3 aromatic rings. The first-order valence-corrected chi connectivity index (χ1v) is 8.02. The van der Waals surface area contributed by atoms with Gasteiger partial charge in [0.05, 0.1) is 6.20 Å². The lowest BCUT2D eigenvalue weighted by Crippen LogP contribution is -2.03. The fourth-order valence-corrected chi connectivity index (χ4v) is 2.71. The Hall–Kier alpha value is -2.37. The van der Waals surface area contributed by atoms with Crippen LogP contribution in [0.3, 0.4) is 0 Å². The summed E-state index contributed by atoms with van der Waals surface area (Å²) < 4.78 is 0. The Labute approximate surface area is 150 Å². The average molecular weight is 360 g/mol. The lowest BCUT2D eigenvalue weighted by atomic mass is 10.1. The van der Waals surface area contributed by atoms with Crippen LogP contribution < -0.4 is 10.6 Å². The van der Waals surface area contributed by atoms with Gasteiger partial charge in [-0.05, 0) is 49.2 Å². The Morgan fingerprint density at radius 1 is 0.917 bits per heavy atom. The zero-order valence-corrected chi connectivity index (χ0v) is 14.7. The molecule has 0 bridgehead atoms. The van der Waals surface area contributed by atoms with Gasteiger partial charge in [-0.3, -0.25) is 0 Å². The minimum atomic E-state index is 0.404. The van der Waals surface area contributed by atoms with Crippen molar-refractivity contribution in [2.75, 3.05) is 10.6 Å². The fourth-order valence-electron chi connectivity index (χ4n) is 2.18. The number of hydrogen-bond acceptors (Lipinski definition) is 5. The second-order valence-electron chi connectivity index (χ2n) is 5.39. The van der Waals surface area contributed by atoms with Gasteiger partial charge in [0, 0.05) is 21.4 Å². The van der Waals surface area contributed by atoms with E-state index in [0.717, 1.165) is 22.5 Å². The Bertz CT molecular complexity index is 862. The summed E-state index contributed by atoms with van der Waals surface area (Å²) in [5.74, 6) is 0.943. The van der Waals surface area contributed by atoms with Crippen LogP contribution >= 0.6 is 23.2 Å². The highest BCUT2D eigenvalue weighted by atomic mass is 35.5. The topological polar surface area (TPSA) is 62.7 Å². The number of hydrogen-bond donors (Lipinski definition) is 2. The molecule has 0 saturated heterocycles. The van der Waals surface area contributed by atoms with Gasteiger partial charge in [-0.2, -0.15) is 10.1 Å². The number of aryl methyl sites for hydroxylation is 2. The molecule has 5 nitrogen and oxygen atoms in total. The normalized spacial score (nSPS) is 10.5. The Balaban J connectivity index is 1.82. The Morgan fingerprint density at radius 2 is 1.67 bits per heavy atom. The van der Waals surface area contributed by atoms with Crippen molar-refractivity contribution < 1.29 is 0 Å². The third-order valence-electron chi connectivity index (χ3n) is 3.33. The van der Waals surface area contributed by atoms with Crippen molar-refractivity contribution in [2.45, 2.75) is 13.8 Å². The van der Waals surface area contributed by atoms with Gasteiger partial charge in [-0.15, -0.1) is 5.10 Å². The molecule has 0 spiro atoms. The molecule has 3 rings (SSSR count). The van der Waals surface area contributed by atoms with Crippen LogP contribution in [0.5, 0.6) is 0 Å². The van der Waals surface area contributed by atoms with E-state index in [2.05, 4.69) is 31.9 Å². The molecule has 122 valence electrons. The van der Waals surface area contributed by atoms with Crippen LogP contribution in [0, 0.1) is 13.8 Å². The summed E-state index contributed by atoms with van der Waals surface area (Å²) in [7, 11) is 0. The molecule has 24 heavy (non-hydrogen) atoms. The molecule has 0 aliphatic heterocycles. The molecule has 2 aromatic carbocycles. The van der Waals surface area contributed by atoms with Crippen molar-refractivity contribution in [3.63, 3.8) is 0 Å². The first-order chi connectivity index (χ1) is 11.5. The molecule has 1 aromatic heterocycles. The largest absolute Gasteiger partial charge is 0.339 e. The van der Waals surface area contributed by atoms with E-state index in [-0.39, 0.29) is 0 Å². The van der Waals surface area contributed by atoms with Crippen LogP contribution in [-0.2, 0) is 0 Å². The summed E-state index contributed by atoms with van der Waals surface area (Å²) in [5, 5.41) is 15.4. The number of aromatic nitrogens is 3. The minimum absolute atomic E-state index is 0.404.